The summed E-state index contributed by atoms with van der Waals surface area (Å²) in [5.41, 5.74) is 10.3. The molecule has 0 unspecified atom stereocenters. The van der Waals surface area contributed by atoms with Gasteiger partial charge in [-0.05, 0) is 141 Å². The molecule has 8 aromatic carbocycles. The molecule has 0 saturated heterocycles. The van der Waals surface area contributed by atoms with Crippen LogP contribution in [0, 0.1) is 20.8 Å². The maximum Gasteiger partial charge on any atom is 0.266 e. The highest BCUT2D eigenvalue weighted by molar-refractivity contribution is 6.36. The van der Waals surface area contributed by atoms with Crippen LogP contribution in [0.4, 0.5) is 17.1 Å². The summed E-state index contributed by atoms with van der Waals surface area (Å²) in [5.74, 6) is -0.218. The van der Waals surface area contributed by atoms with Gasteiger partial charge in [-0.2, -0.15) is 0 Å². The van der Waals surface area contributed by atoms with Crippen molar-refractivity contribution in [3.63, 3.8) is 0 Å². The number of aryl methyl sites for hydroxylation is 3. The zero-order valence-corrected chi connectivity index (χ0v) is 47.6. The molecule has 422 valence electrons. The zero-order valence-electron chi connectivity index (χ0n) is 47.6. The van der Waals surface area contributed by atoms with Crippen molar-refractivity contribution in [3.8, 4) is 11.5 Å². The Balaban J connectivity index is 0.000000179. The summed E-state index contributed by atoms with van der Waals surface area (Å²) in [7, 11) is 4.80. The van der Waals surface area contributed by atoms with E-state index in [1.54, 1.807) is 124 Å². The molecule has 0 saturated carbocycles. The van der Waals surface area contributed by atoms with E-state index in [-0.39, 0.29) is 53.2 Å². The first kappa shape index (κ1) is 61.6. The fraction of sp³-hybridized carbons (Fsp3) is 0.149. The van der Waals surface area contributed by atoms with Crippen LogP contribution in [0.15, 0.2) is 194 Å². The van der Waals surface area contributed by atoms with E-state index in [0.29, 0.717) is 56.2 Å². The second kappa shape index (κ2) is 29.0. The minimum Gasteiger partial charge on any atom is -0.457 e. The van der Waals surface area contributed by atoms with Gasteiger partial charge in [-0.25, -0.2) is 14.7 Å². The molecule has 3 aliphatic heterocycles. The molecule has 9 amide bonds. The molecule has 16 heteroatoms. The maximum absolute atomic E-state index is 12.5. The average molecular weight is 1110 g/mol. The highest BCUT2D eigenvalue weighted by atomic mass is 16.5. The second-order valence-electron chi connectivity index (χ2n) is 19.0. The fourth-order valence-corrected chi connectivity index (χ4v) is 8.15. The Morgan fingerprint density at radius 3 is 0.904 bits per heavy atom. The number of carbonyl (C=O) groups excluding carboxylic acids is 9. The van der Waals surface area contributed by atoms with Crippen LogP contribution < -0.4 is 35.4 Å². The number of ether oxygens (including phenoxy) is 1. The van der Waals surface area contributed by atoms with E-state index >= 15 is 0 Å². The van der Waals surface area contributed by atoms with E-state index < -0.39 is 0 Å². The molecule has 3 aliphatic rings. The summed E-state index contributed by atoms with van der Waals surface area (Å²) in [4.78, 5) is 107. The number of carbonyl (C=O) groups is 9. The van der Waals surface area contributed by atoms with E-state index in [4.69, 9.17) is 4.74 Å². The van der Waals surface area contributed by atoms with Crippen LogP contribution >= 0.6 is 0 Å². The summed E-state index contributed by atoms with van der Waals surface area (Å²) in [6.45, 7) is 10.4. The Morgan fingerprint density at radius 2 is 0.602 bits per heavy atom. The lowest BCUT2D eigenvalue weighted by molar-refractivity contribution is -0.119. The summed E-state index contributed by atoms with van der Waals surface area (Å²) < 4.78 is 5.78. The molecule has 3 heterocycles. The van der Waals surface area contributed by atoms with E-state index in [0.717, 1.165) is 28.9 Å². The Morgan fingerprint density at radius 1 is 0.337 bits per heavy atom. The standard InChI is InChI=1S/C22H17NO2.C21H15NO3.C15H11NO2.3C3H7NO/c1-15-6-8-16(9-7-15)14-17-10-12-18(13-11-17)23-21(24)19-4-2-3-5-20(19)22(23)25;1-14-6-10-16(11-7-14)25-17-12-8-15(9-13-17)22-20(23)18-4-2-3-5-19(18)21(22)24;1-10-5-4-6-11(9-10)16-14(17)12-7-2-3-8-13(12)15(16)18;3*1-3(5)4-2/h2-13H,14H2,1H3;2-13H,1H3;2-9H,1H3;3*1-2H3,(H,4,5). The molecule has 83 heavy (non-hydrogen) atoms. The lowest BCUT2D eigenvalue weighted by Gasteiger charge is -2.14. The van der Waals surface area contributed by atoms with E-state index in [2.05, 4.69) is 47.1 Å². The van der Waals surface area contributed by atoms with Crippen LogP contribution in [0.5, 0.6) is 11.5 Å². The molecule has 16 nitrogen and oxygen atoms in total. The number of amides is 9. The van der Waals surface area contributed by atoms with Crippen LogP contribution in [0.1, 0.15) is 111 Å². The summed E-state index contributed by atoms with van der Waals surface area (Å²) in [6, 6.07) is 58.8. The largest absolute Gasteiger partial charge is 0.457 e. The van der Waals surface area contributed by atoms with Gasteiger partial charge in [-0.15, -0.1) is 0 Å². The molecule has 0 bridgehead atoms. The number of hydrogen-bond donors (Lipinski definition) is 3. The van der Waals surface area contributed by atoms with Crippen molar-refractivity contribution in [2.75, 3.05) is 35.8 Å². The predicted molar refractivity (Wildman–Crippen MR) is 321 cm³/mol. The van der Waals surface area contributed by atoms with Crippen molar-refractivity contribution in [1.82, 2.24) is 16.0 Å². The molecule has 0 fully saturated rings. The fourth-order valence-electron chi connectivity index (χ4n) is 8.15. The first-order chi connectivity index (χ1) is 39.8. The average Bonchev–Trinajstić information content (AvgIpc) is 4.23. The Kier molecular flexibility index (Phi) is 21.5. The number of hydrogen-bond acceptors (Lipinski definition) is 10. The Hall–Kier alpha value is -10.6. The van der Waals surface area contributed by atoms with E-state index in [1.165, 1.54) is 46.6 Å². The van der Waals surface area contributed by atoms with Gasteiger partial charge in [0.25, 0.3) is 35.4 Å². The molecular weight excluding hydrogens is 1050 g/mol. The van der Waals surface area contributed by atoms with E-state index in [1.807, 2.05) is 80.6 Å². The summed E-state index contributed by atoms with van der Waals surface area (Å²) in [6.07, 6.45) is 0.822. The van der Waals surface area contributed by atoms with Crippen molar-refractivity contribution < 1.29 is 47.9 Å². The molecule has 0 aromatic heterocycles. The highest BCUT2D eigenvalue weighted by Crippen LogP contribution is 2.33. The molecule has 0 atom stereocenters. The minimum absolute atomic E-state index is 0.00463. The third kappa shape index (κ3) is 16.0. The van der Waals surface area contributed by atoms with Crippen molar-refractivity contribution in [3.05, 3.63) is 255 Å². The van der Waals surface area contributed by atoms with Gasteiger partial charge in [0.2, 0.25) is 17.7 Å². The molecule has 0 aliphatic carbocycles. The van der Waals surface area contributed by atoms with Gasteiger partial charge >= 0.3 is 0 Å². The Bertz CT molecular complexity index is 3370. The number of benzene rings is 8. The van der Waals surface area contributed by atoms with Gasteiger partial charge in [0.1, 0.15) is 11.5 Å². The number of anilines is 3. The quantitative estimate of drug-likeness (QED) is 0.129. The molecule has 0 radical (unpaired) electrons. The van der Waals surface area contributed by atoms with Crippen LogP contribution in [-0.4, -0.2) is 74.3 Å². The van der Waals surface area contributed by atoms with Crippen LogP contribution in [-0.2, 0) is 20.8 Å². The van der Waals surface area contributed by atoms with Crippen LogP contribution in [0.25, 0.3) is 0 Å². The first-order valence-corrected chi connectivity index (χ1v) is 26.3. The third-order valence-corrected chi connectivity index (χ3v) is 12.8. The van der Waals surface area contributed by atoms with Gasteiger partial charge in [-0.1, -0.05) is 108 Å². The normalized spacial score (nSPS) is 12.2. The topological polar surface area (TPSA) is 209 Å². The highest BCUT2D eigenvalue weighted by Gasteiger charge is 2.38. The molecule has 0 spiro atoms. The van der Waals surface area contributed by atoms with Crippen molar-refractivity contribution >= 4 is 70.2 Å². The smallest absolute Gasteiger partial charge is 0.266 e. The summed E-state index contributed by atoms with van der Waals surface area (Å²) >= 11 is 0. The van der Waals surface area contributed by atoms with Gasteiger partial charge < -0.3 is 20.7 Å². The number of fused-ring (bicyclic) bond motifs is 3. The number of rotatable bonds is 7. The van der Waals surface area contributed by atoms with Crippen LogP contribution in [0.2, 0.25) is 0 Å². The third-order valence-electron chi connectivity index (χ3n) is 12.8. The van der Waals surface area contributed by atoms with E-state index in [9.17, 15) is 43.2 Å². The molecule has 3 N–H and O–H groups in total. The molecular formula is C67H64N6O10. The second-order valence-corrected chi connectivity index (χ2v) is 19.0. The van der Waals surface area contributed by atoms with Crippen molar-refractivity contribution in [2.45, 2.75) is 48.0 Å². The van der Waals surface area contributed by atoms with Crippen molar-refractivity contribution in [2.24, 2.45) is 0 Å². The van der Waals surface area contributed by atoms with Crippen LogP contribution in [0.3, 0.4) is 0 Å². The van der Waals surface area contributed by atoms with Gasteiger partial charge in [0, 0.05) is 41.9 Å². The van der Waals surface area contributed by atoms with Gasteiger partial charge in [0.05, 0.1) is 50.4 Å². The van der Waals surface area contributed by atoms with Crippen molar-refractivity contribution in [1.29, 1.82) is 0 Å². The SMILES string of the molecule is CNC(C)=O.CNC(C)=O.CNC(C)=O.Cc1ccc(Cc2ccc(N3C(=O)c4ccccc4C3=O)cc2)cc1.Cc1ccc(Oc2ccc(N3C(=O)c4ccccc4C3=O)cc2)cc1.Cc1cccc(N2C(=O)c3ccccc3C2=O)c1. The first-order valence-electron chi connectivity index (χ1n) is 26.3. The monoisotopic (exact) mass is 1110 g/mol. The lowest BCUT2D eigenvalue weighted by atomic mass is 10.0. The number of imide groups is 3. The molecule has 8 aromatic rings. The maximum atomic E-state index is 12.5. The van der Waals surface area contributed by atoms with Gasteiger partial charge in [0.15, 0.2) is 0 Å². The van der Waals surface area contributed by atoms with Gasteiger partial charge in [-0.3, -0.25) is 43.2 Å². The minimum atomic E-state index is -0.298. The summed E-state index contributed by atoms with van der Waals surface area (Å²) in [5, 5.41) is 7.17. The zero-order chi connectivity index (χ0) is 60.3. The number of nitrogens with zero attached hydrogens (tertiary/aromatic N) is 3. The Labute approximate surface area is 482 Å². The lowest BCUT2D eigenvalue weighted by Crippen LogP contribution is -2.29. The predicted octanol–water partition coefficient (Wildman–Crippen LogP) is 11.0. The number of nitrogens with one attached hydrogen (secondary N) is 3. The molecule has 11 rings (SSSR count).